The Labute approximate surface area is 128 Å². The van der Waals surface area contributed by atoms with Crippen molar-refractivity contribution in [2.45, 2.75) is 31.7 Å². The van der Waals surface area contributed by atoms with Gasteiger partial charge in [-0.3, -0.25) is 0 Å². The Morgan fingerprint density at radius 3 is 2.70 bits per heavy atom. The van der Waals surface area contributed by atoms with Crippen LogP contribution in [0.3, 0.4) is 0 Å². The van der Waals surface area contributed by atoms with Gasteiger partial charge in [0.05, 0.1) is 6.61 Å². The zero-order chi connectivity index (χ0) is 14.5. The molecule has 2 unspecified atom stereocenters. The second-order valence-electron chi connectivity index (χ2n) is 5.16. The van der Waals surface area contributed by atoms with Gasteiger partial charge in [0.25, 0.3) is 0 Å². The van der Waals surface area contributed by atoms with Crippen LogP contribution < -0.4 is 5.32 Å². The summed E-state index contributed by atoms with van der Waals surface area (Å²) in [4.78, 5) is 13.8. The first-order valence-corrected chi connectivity index (χ1v) is 7.86. The summed E-state index contributed by atoms with van der Waals surface area (Å²) in [5.41, 5.74) is 1.27. The van der Waals surface area contributed by atoms with Crippen molar-refractivity contribution in [3.63, 3.8) is 0 Å². The Bertz CT molecular complexity index is 444. The number of aliphatic hydroxyl groups excluding tert-OH is 1. The summed E-state index contributed by atoms with van der Waals surface area (Å²) < 4.78 is 1.07. The quantitative estimate of drug-likeness (QED) is 0.836. The van der Waals surface area contributed by atoms with E-state index in [9.17, 15) is 4.79 Å². The number of benzene rings is 1. The van der Waals surface area contributed by atoms with Crippen molar-refractivity contribution in [1.29, 1.82) is 0 Å². The van der Waals surface area contributed by atoms with E-state index >= 15 is 0 Å². The Kier molecular flexibility index (Phi) is 5.43. The summed E-state index contributed by atoms with van der Waals surface area (Å²) in [6.45, 7) is 3.12. The van der Waals surface area contributed by atoms with Crippen LogP contribution >= 0.6 is 15.9 Å². The van der Waals surface area contributed by atoms with Gasteiger partial charge in [-0.15, -0.1) is 0 Å². The van der Waals surface area contributed by atoms with Crippen molar-refractivity contribution in [3.8, 4) is 0 Å². The zero-order valence-electron chi connectivity index (χ0n) is 11.7. The van der Waals surface area contributed by atoms with E-state index in [1.54, 1.807) is 4.90 Å². The van der Waals surface area contributed by atoms with Gasteiger partial charge in [0, 0.05) is 29.5 Å². The molecule has 1 aliphatic rings. The van der Waals surface area contributed by atoms with Crippen LogP contribution in [0.2, 0.25) is 0 Å². The van der Waals surface area contributed by atoms with E-state index in [1.165, 1.54) is 5.56 Å². The summed E-state index contributed by atoms with van der Waals surface area (Å²) in [5, 5.41) is 12.0. The van der Waals surface area contributed by atoms with Crippen LogP contribution in [-0.2, 0) is 0 Å². The second kappa shape index (κ2) is 7.09. The van der Waals surface area contributed by atoms with Crippen LogP contribution in [0, 0.1) is 0 Å². The number of amides is 2. The Morgan fingerprint density at radius 2 is 2.10 bits per heavy atom. The molecular formula is C15H21BrN2O2. The minimum Gasteiger partial charge on any atom is -0.395 e. The van der Waals surface area contributed by atoms with Crippen LogP contribution in [0.15, 0.2) is 28.7 Å². The number of nitrogens with zero attached hydrogens (tertiary/aromatic N) is 1. The fourth-order valence-electron chi connectivity index (χ4n) is 2.39. The summed E-state index contributed by atoms with van der Waals surface area (Å²) in [6, 6.07) is 8.41. The molecule has 0 heterocycles. The number of halogens is 1. The smallest absolute Gasteiger partial charge is 0.317 e. The predicted molar refractivity (Wildman–Crippen MR) is 82.8 cm³/mol. The molecule has 0 radical (unpaired) electrons. The number of hydrogen-bond acceptors (Lipinski definition) is 2. The van der Waals surface area contributed by atoms with Crippen molar-refractivity contribution >= 4 is 22.0 Å². The van der Waals surface area contributed by atoms with Crippen molar-refractivity contribution in [2.24, 2.45) is 0 Å². The van der Waals surface area contributed by atoms with Crippen LogP contribution in [0.5, 0.6) is 0 Å². The highest BCUT2D eigenvalue weighted by atomic mass is 79.9. The lowest BCUT2D eigenvalue weighted by Crippen LogP contribution is -2.43. The van der Waals surface area contributed by atoms with Crippen molar-refractivity contribution in [2.75, 3.05) is 19.7 Å². The molecule has 1 aliphatic carbocycles. The zero-order valence-corrected chi connectivity index (χ0v) is 13.3. The lowest BCUT2D eigenvalue weighted by atomic mass is 10.1. The lowest BCUT2D eigenvalue weighted by Gasteiger charge is -2.21. The van der Waals surface area contributed by atoms with Crippen molar-refractivity contribution in [3.05, 3.63) is 34.3 Å². The standard InChI is InChI=1S/C15H21BrN2O2/c1-2-7-18(8-9-19)15(20)17-14-10-13(14)11-3-5-12(16)6-4-11/h3-6,13-14,19H,2,7-10H2,1H3,(H,17,20). The average Bonchev–Trinajstić information content (AvgIpc) is 3.18. The minimum atomic E-state index is -0.0643. The first-order chi connectivity index (χ1) is 9.65. The van der Waals surface area contributed by atoms with Crippen LogP contribution in [-0.4, -0.2) is 41.8 Å². The molecule has 0 aliphatic heterocycles. The molecule has 4 nitrogen and oxygen atoms in total. The van der Waals surface area contributed by atoms with Gasteiger partial charge < -0.3 is 15.3 Å². The molecule has 2 amide bonds. The summed E-state index contributed by atoms with van der Waals surface area (Å²) in [5.74, 6) is 0.421. The van der Waals surface area contributed by atoms with Crippen LogP contribution in [0.1, 0.15) is 31.2 Å². The molecule has 1 aromatic carbocycles. The summed E-state index contributed by atoms with van der Waals surface area (Å²) >= 11 is 3.42. The number of carbonyl (C=O) groups excluding carboxylic acids is 1. The van der Waals surface area contributed by atoms with Gasteiger partial charge in [0.2, 0.25) is 0 Å². The molecule has 1 aromatic rings. The highest BCUT2D eigenvalue weighted by molar-refractivity contribution is 9.10. The minimum absolute atomic E-state index is 0.00816. The van der Waals surface area contributed by atoms with E-state index in [4.69, 9.17) is 5.11 Å². The topological polar surface area (TPSA) is 52.6 Å². The molecule has 2 rings (SSSR count). The van der Waals surface area contributed by atoms with E-state index in [-0.39, 0.29) is 18.7 Å². The lowest BCUT2D eigenvalue weighted by molar-refractivity contribution is 0.176. The third-order valence-corrected chi connectivity index (χ3v) is 4.08. The van der Waals surface area contributed by atoms with Crippen molar-refractivity contribution < 1.29 is 9.90 Å². The molecule has 5 heteroatoms. The first kappa shape index (κ1) is 15.3. The molecule has 1 saturated carbocycles. The monoisotopic (exact) mass is 340 g/mol. The third-order valence-electron chi connectivity index (χ3n) is 3.55. The van der Waals surface area contributed by atoms with Gasteiger partial charge in [-0.2, -0.15) is 0 Å². The van der Waals surface area contributed by atoms with Gasteiger partial charge in [0.15, 0.2) is 0 Å². The van der Waals surface area contributed by atoms with Gasteiger partial charge in [-0.1, -0.05) is 35.0 Å². The van der Waals surface area contributed by atoms with Crippen LogP contribution in [0.4, 0.5) is 4.79 Å². The maximum Gasteiger partial charge on any atom is 0.317 e. The van der Waals surface area contributed by atoms with E-state index in [0.29, 0.717) is 19.0 Å². The number of nitrogens with one attached hydrogen (secondary N) is 1. The maximum atomic E-state index is 12.1. The average molecular weight is 341 g/mol. The fraction of sp³-hybridized carbons (Fsp3) is 0.533. The van der Waals surface area contributed by atoms with E-state index in [1.807, 2.05) is 19.1 Å². The highest BCUT2D eigenvalue weighted by Gasteiger charge is 2.40. The van der Waals surface area contributed by atoms with Gasteiger partial charge in [-0.25, -0.2) is 4.79 Å². The molecule has 1 fully saturated rings. The van der Waals surface area contributed by atoms with Crippen LogP contribution in [0.25, 0.3) is 0 Å². The number of rotatable bonds is 6. The molecule has 0 spiro atoms. The highest BCUT2D eigenvalue weighted by Crippen LogP contribution is 2.41. The molecular weight excluding hydrogens is 320 g/mol. The van der Waals surface area contributed by atoms with E-state index in [2.05, 4.69) is 33.4 Å². The summed E-state index contributed by atoms with van der Waals surface area (Å²) in [7, 11) is 0. The number of carbonyl (C=O) groups is 1. The molecule has 110 valence electrons. The molecule has 0 saturated heterocycles. The normalized spacial score (nSPS) is 20.6. The number of hydrogen-bond donors (Lipinski definition) is 2. The Morgan fingerprint density at radius 1 is 1.40 bits per heavy atom. The summed E-state index contributed by atoms with van der Waals surface area (Å²) in [6.07, 6.45) is 1.89. The molecule has 0 bridgehead atoms. The first-order valence-electron chi connectivity index (χ1n) is 7.07. The number of urea groups is 1. The second-order valence-corrected chi connectivity index (χ2v) is 6.08. The molecule has 2 N–H and O–H groups in total. The molecule has 0 aromatic heterocycles. The van der Waals surface area contributed by atoms with Crippen molar-refractivity contribution in [1.82, 2.24) is 10.2 Å². The maximum absolute atomic E-state index is 12.1. The van der Waals surface area contributed by atoms with Gasteiger partial charge in [0.1, 0.15) is 0 Å². The molecule has 2 atom stereocenters. The Balaban J connectivity index is 1.86. The van der Waals surface area contributed by atoms with E-state index in [0.717, 1.165) is 17.3 Å². The van der Waals surface area contributed by atoms with Gasteiger partial charge >= 0.3 is 6.03 Å². The van der Waals surface area contributed by atoms with E-state index < -0.39 is 0 Å². The van der Waals surface area contributed by atoms with Gasteiger partial charge in [-0.05, 0) is 30.5 Å². The predicted octanol–water partition coefficient (Wildman–Crippen LogP) is 2.72. The number of aliphatic hydroxyl groups is 1. The fourth-order valence-corrected chi connectivity index (χ4v) is 2.65. The third kappa shape index (κ3) is 3.96. The Hall–Kier alpha value is -1.07. The molecule has 20 heavy (non-hydrogen) atoms. The SMILES string of the molecule is CCCN(CCO)C(=O)NC1CC1c1ccc(Br)cc1. The largest absolute Gasteiger partial charge is 0.395 e.